The maximum absolute atomic E-state index is 9.71. The van der Waals surface area contributed by atoms with E-state index in [-0.39, 0.29) is 5.41 Å². The number of rotatable bonds is 1. The molecule has 0 aromatic heterocycles. The third-order valence-electron chi connectivity index (χ3n) is 6.45. The monoisotopic (exact) mass is 284 g/mol. The Bertz CT molecular complexity index is 609. The molecule has 0 spiro atoms. The fourth-order valence-corrected chi connectivity index (χ4v) is 5.36. The van der Waals surface area contributed by atoms with E-state index in [1.807, 2.05) is 12.1 Å². The normalized spacial score (nSPS) is 37.2. The van der Waals surface area contributed by atoms with Gasteiger partial charge in [0.1, 0.15) is 5.75 Å². The lowest BCUT2D eigenvalue weighted by Gasteiger charge is -2.50. The second-order valence-electron chi connectivity index (χ2n) is 7.25. The fraction of sp³-hybridized carbons (Fsp3) is 0.556. The van der Waals surface area contributed by atoms with E-state index in [0.29, 0.717) is 17.6 Å². The quantitative estimate of drug-likeness (QED) is 0.548. The van der Waals surface area contributed by atoms with Crippen molar-refractivity contribution in [2.24, 2.45) is 23.1 Å². The summed E-state index contributed by atoms with van der Waals surface area (Å²) in [6.07, 6.45) is 8.25. The minimum absolute atomic E-state index is 0.240. The Morgan fingerprint density at radius 3 is 3.00 bits per heavy atom. The molecule has 4 N–H and O–H groups in total. The average Bonchev–Trinajstić information content (AvgIpc) is 2.83. The van der Waals surface area contributed by atoms with Gasteiger partial charge in [-0.25, -0.2) is 0 Å². The van der Waals surface area contributed by atoms with Crippen LogP contribution in [0.15, 0.2) is 30.0 Å². The molecule has 0 aliphatic heterocycles. The number of allylic oxidation sites excluding steroid dienone is 2. The van der Waals surface area contributed by atoms with E-state index in [0.717, 1.165) is 18.8 Å². The van der Waals surface area contributed by atoms with Crippen LogP contribution in [0.3, 0.4) is 0 Å². The highest BCUT2D eigenvalue weighted by Gasteiger charge is 2.51. The molecule has 1 aromatic rings. The van der Waals surface area contributed by atoms with Crippen molar-refractivity contribution in [2.45, 2.75) is 44.9 Å². The van der Waals surface area contributed by atoms with E-state index in [4.69, 9.17) is 5.84 Å². The highest BCUT2D eigenvalue weighted by atomic mass is 16.3. The molecule has 1 saturated carbocycles. The first kappa shape index (κ1) is 13.2. The van der Waals surface area contributed by atoms with Crippen molar-refractivity contribution in [3.8, 4) is 5.75 Å². The van der Waals surface area contributed by atoms with Gasteiger partial charge in [-0.15, -0.1) is 0 Å². The Morgan fingerprint density at radius 1 is 1.33 bits per heavy atom. The Hall–Kier alpha value is -1.48. The van der Waals surface area contributed by atoms with Crippen molar-refractivity contribution in [1.82, 2.24) is 5.43 Å². The van der Waals surface area contributed by atoms with Gasteiger partial charge < -0.3 is 10.5 Å². The summed E-state index contributed by atoms with van der Waals surface area (Å²) in [5, 5.41) is 9.71. The van der Waals surface area contributed by atoms with Gasteiger partial charge in [-0.1, -0.05) is 19.1 Å². The van der Waals surface area contributed by atoms with Crippen LogP contribution in [0.2, 0.25) is 0 Å². The minimum Gasteiger partial charge on any atom is -0.508 e. The summed E-state index contributed by atoms with van der Waals surface area (Å²) in [4.78, 5) is 0. The minimum atomic E-state index is 0.240. The van der Waals surface area contributed by atoms with Crippen LogP contribution >= 0.6 is 0 Å². The lowest BCUT2D eigenvalue weighted by Crippen LogP contribution is -2.44. The molecule has 1 aromatic carbocycles. The lowest BCUT2D eigenvalue weighted by atomic mass is 9.55. The van der Waals surface area contributed by atoms with E-state index in [1.165, 1.54) is 36.1 Å². The van der Waals surface area contributed by atoms with Gasteiger partial charge >= 0.3 is 0 Å². The molecule has 112 valence electrons. The van der Waals surface area contributed by atoms with E-state index in [2.05, 4.69) is 24.5 Å². The summed E-state index contributed by atoms with van der Waals surface area (Å²) in [7, 11) is 0. The van der Waals surface area contributed by atoms with E-state index < -0.39 is 0 Å². The number of aromatic hydroxyl groups is 1. The second kappa shape index (κ2) is 4.51. The molecule has 4 atom stereocenters. The third-order valence-corrected chi connectivity index (χ3v) is 6.45. The van der Waals surface area contributed by atoms with Crippen LogP contribution in [0.1, 0.15) is 49.7 Å². The highest BCUT2D eigenvalue weighted by molar-refractivity contribution is 5.40. The molecule has 4 unspecified atom stereocenters. The topological polar surface area (TPSA) is 58.3 Å². The van der Waals surface area contributed by atoms with Crippen LogP contribution in [0.25, 0.3) is 0 Å². The van der Waals surface area contributed by atoms with Crippen molar-refractivity contribution in [1.29, 1.82) is 0 Å². The molecule has 3 aliphatic carbocycles. The summed E-state index contributed by atoms with van der Waals surface area (Å²) < 4.78 is 0. The van der Waals surface area contributed by atoms with Crippen molar-refractivity contribution in [3.05, 3.63) is 41.1 Å². The Balaban J connectivity index is 1.69. The lowest BCUT2D eigenvalue weighted by molar-refractivity contribution is 0.0710. The van der Waals surface area contributed by atoms with Crippen LogP contribution in [0, 0.1) is 17.3 Å². The van der Waals surface area contributed by atoms with Gasteiger partial charge in [0.05, 0.1) is 0 Å². The molecule has 4 rings (SSSR count). The number of aryl methyl sites for hydroxylation is 1. The van der Waals surface area contributed by atoms with Crippen LogP contribution in [-0.4, -0.2) is 5.11 Å². The molecule has 3 aliphatic rings. The largest absolute Gasteiger partial charge is 0.508 e. The first-order chi connectivity index (χ1) is 10.1. The van der Waals surface area contributed by atoms with Crippen molar-refractivity contribution < 1.29 is 5.11 Å². The van der Waals surface area contributed by atoms with E-state index in [1.54, 1.807) is 0 Å². The number of nitrogens with one attached hydrogen (secondary N) is 1. The first-order valence-corrected chi connectivity index (χ1v) is 8.12. The molecular formula is C18H24N2O. The summed E-state index contributed by atoms with van der Waals surface area (Å²) in [5.74, 6) is 8.28. The van der Waals surface area contributed by atoms with E-state index >= 15 is 0 Å². The molecular weight excluding hydrogens is 260 g/mol. The summed E-state index contributed by atoms with van der Waals surface area (Å²) >= 11 is 0. The van der Waals surface area contributed by atoms with Gasteiger partial charge in [0.2, 0.25) is 0 Å². The predicted octanol–water partition coefficient (Wildman–Crippen LogP) is 3.21. The Morgan fingerprint density at radius 2 is 2.19 bits per heavy atom. The Kier molecular flexibility index (Phi) is 2.83. The van der Waals surface area contributed by atoms with Gasteiger partial charge in [-0.2, -0.15) is 0 Å². The Labute approximate surface area is 126 Å². The average molecular weight is 284 g/mol. The summed E-state index contributed by atoms with van der Waals surface area (Å²) in [5.41, 5.74) is 7.30. The molecule has 0 radical (unpaired) electrons. The number of hydrazine groups is 1. The smallest absolute Gasteiger partial charge is 0.115 e. The van der Waals surface area contributed by atoms with Crippen LogP contribution in [0.4, 0.5) is 0 Å². The zero-order valence-corrected chi connectivity index (χ0v) is 12.6. The number of fused-ring (bicyclic) bond motifs is 5. The molecule has 0 saturated heterocycles. The van der Waals surface area contributed by atoms with Gasteiger partial charge in [-0.05, 0) is 73.1 Å². The molecule has 3 heteroatoms. The number of hydrogen-bond acceptors (Lipinski definition) is 3. The first-order valence-electron chi connectivity index (χ1n) is 8.12. The van der Waals surface area contributed by atoms with Gasteiger partial charge in [0, 0.05) is 11.1 Å². The van der Waals surface area contributed by atoms with Gasteiger partial charge in [0.15, 0.2) is 0 Å². The molecule has 0 amide bonds. The molecule has 21 heavy (non-hydrogen) atoms. The van der Waals surface area contributed by atoms with Crippen LogP contribution in [-0.2, 0) is 6.42 Å². The second-order valence-corrected chi connectivity index (χ2v) is 7.25. The molecule has 0 bridgehead atoms. The van der Waals surface area contributed by atoms with Crippen molar-refractivity contribution in [2.75, 3.05) is 0 Å². The van der Waals surface area contributed by atoms with Crippen LogP contribution < -0.4 is 11.3 Å². The number of nitrogens with two attached hydrogens (primary N) is 1. The van der Waals surface area contributed by atoms with Crippen molar-refractivity contribution in [3.63, 3.8) is 0 Å². The highest BCUT2D eigenvalue weighted by Crippen LogP contribution is 2.60. The van der Waals surface area contributed by atoms with Gasteiger partial charge in [-0.3, -0.25) is 5.84 Å². The number of phenolic OH excluding ortho intramolecular Hbond substituents is 1. The summed E-state index contributed by atoms with van der Waals surface area (Å²) in [6, 6.07) is 5.99. The number of hydrogen-bond donors (Lipinski definition) is 3. The van der Waals surface area contributed by atoms with Gasteiger partial charge in [0.25, 0.3) is 0 Å². The summed E-state index contributed by atoms with van der Waals surface area (Å²) in [6.45, 7) is 2.39. The number of phenols is 1. The molecule has 1 fully saturated rings. The third kappa shape index (κ3) is 1.76. The molecule has 3 nitrogen and oxygen atoms in total. The molecule has 0 heterocycles. The SMILES string of the molecule is CC12CCC3c4ccc(O)cc4CCC3C1CC=C2NN. The zero-order valence-electron chi connectivity index (χ0n) is 12.6. The zero-order chi connectivity index (χ0) is 14.6. The maximum atomic E-state index is 9.71. The van der Waals surface area contributed by atoms with E-state index in [9.17, 15) is 5.11 Å². The standard InChI is InChI=1S/C18H24N2O/c1-18-9-8-14-13-5-3-12(21)10-11(13)2-4-15(14)16(18)6-7-17(18)20-19/h3,5,7,10,14-16,20-21H,2,4,6,8-9,19H2,1H3. The number of benzene rings is 1. The fourth-order valence-electron chi connectivity index (χ4n) is 5.36. The maximum Gasteiger partial charge on any atom is 0.115 e. The van der Waals surface area contributed by atoms with Crippen LogP contribution in [0.5, 0.6) is 5.75 Å². The van der Waals surface area contributed by atoms with Crippen molar-refractivity contribution >= 4 is 0 Å². The predicted molar refractivity (Wildman–Crippen MR) is 83.5 cm³/mol.